The third-order valence-electron chi connectivity index (χ3n) is 6.05. The molecule has 1 aliphatic carbocycles. The molecule has 2 aromatic rings. The first-order chi connectivity index (χ1) is 13.7. The summed E-state index contributed by atoms with van der Waals surface area (Å²) in [5, 5.41) is 8.84. The Kier molecular flexibility index (Phi) is 7.54. The molecule has 0 unspecified atom stereocenters. The maximum Gasteiger partial charge on any atom is 0.159 e. The van der Waals surface area contributed by atoms with Gasteiger partial charge in [0.2, 0.25) is 0 Å². The zero-order valence-electron chi connectivity index (χ0n) is 16.8. The molecule has 1 aliphatic rings. The molecule has 1 fully saturated rings. The maximum atomic E-state index is 13.8. The van der Waals surface area contributed by atoms with Gasteiger partial charge in [-0.25, -0.2) is 14.4 Å². The molecule has 0 saturated heterocycles. The van der Waals surface area contributed by atoms with Crippen LogP contribution in [-0.2, 0) is 0 Å². The van der Waals surface area contributed by atoms with E-state index in [0.29, 0.717) is 17.3 Å². The zero-order chi connectivity index (χ0) is 19.8. The van der Waals surface area contributed by atoms with E-state index in [4.69, 9.17) is 5.26 Å². The molecule has 0 bridgehead atoms. The number of rotatable bonds is 8. The predicted molar refractivity (Wildman–Crippen MR) is 110 cm³/mol. The molecule has 3 rings (SSSR count). The van der Waals surface area contributed by atoms with Gasteiger partial charge in [0.25, 0.3) is 0 Å². The molecule has 1 saturated carbocycles. The second kappa shape index (κ2) is 10.3. The van der Waals surface area contributed by atoms with Crippen molar-refractivity contribution in [2.75, 3.05) is 0 Å². The highest BCUT2D eigenvalue weighted by Crippen LogP contribution is 2.37. The van der Waals surface area contributed by atoms with Gasteiger partial charge in [-0.1, -0.05) is 45.4 Å². The van der Waals surface area contributed by atoms with Crippen molar-refractivity contribution in [2.45, 2.75) is 77.0 Å². The number of halogens is 1. The first kappa shape index (κ1) is 20.5. The molecule has 0 amide bonds. The Labute approximate surface area is 168 Å². The lowest BCUT2D eigenvalue weighted by Crippen LogP contribution is -2.14. The minimum absolute atomic E-state index is 0.0440. The summed E-state index contributed by atoms with van der Waals surface area (Å²) >= 11 is 0. The van der Waals surface area contributed by atoms with Gasteiger partial charge < -0.3 is 0 Å². The molecular weight excluding hydrogens is 349 g/mol. The normalized spacial score (nSPS) is 19.3. The van der Waals surface area contributed by atoms with Crippen molar-refractivity contribution in [3.05, 3.63) is 47.5 Å². The Morgan fingerprint density at radius 1 is 1.04 bits per heavy atom. The summed E-state index contributed by atoms with van der Waals surface area (Å²) < 4.78 is 13.8. The number of hydrogen-bond donors (Lipinski definition) is 0. The summed E-state index contributed by atoms with van der Waals surface area (Å²) in [6.45, 7) is 2.26. The van der Waals surface area contributed by atoms with Crippen LogP contribution in [-0.4, -0.2) is 9.97 Å². The molecule has 0 N–H and O–H groups in total. The molecule has 0 aliphatic heterocycles. The third kappa shape index (κ3) is 5.38. The van der Waals surface area contributed by atoms with Crippen molar-refractivity contribution in [1.29, 1.82) is 5.26 Å². The lowest BCUT2D eigenvalue weighted by Gasteiger charge is -2.28. The molecule has 1 aromatic heterocycles. The van der Waals surface area contributed by atoms with Gasteiger partial charge in [0.15, 0.2) is 5.82 Å². The molecule has 4 heteroatoms. The van der Waals surface area contributed by atoms with Crippen LogP contribution in [0.4, 0.5) is 4.39 Å². The Morgan fingerprint density at radius 2 is 1.75 bits per heavy atom. The van der Waals surface area contributed by atoms with E-state index < -0.39 is 5.82 Å². The summed E-state index contributed by atoms with van der Waals surface area (Å²) in [5.41, 5.74) is 1.84. The van der Waals surface area contributed by atoms with Crippen molar-refractivity contribution >= 4 is 0 Å². The Bertz CT molecular complexity index is 786. The second-order valence-electron chi connectivity index (χ2n) is 8.07. The average Bonchev–Trinajstić information content (AvgIpc) is 2.74. The van der Waals surface area contributed by atoms with Gasteiger partial charge in [0.05, 0.1) is 5.56 Å². The van der Waals surface area contributed by atoms with Crippen molar-refractivity contribution in [3.63, 3.8) is 0 Å². The molecule has 1 heterocycles. The van der Waals surface area contributed by atoms with E-state index in [1.807, 2.05) is 18.5 Å². The van der Waals surface area contributed by atoms with Gasteiger partial charge in [-0.2, -0.15) is 5.26 Å². The smallest absolute Gasteiger partial charge is 0.159 e. The number of unbranched alkanes of at least 4 members (excludes halogenated alkanes) is 4. The fourth-order valence-electron chi connectivity index (χ4n) is 4.26. The van der Waals surface area contributed by atoms with E-state index >= 15 is 0 Å². The summed E-state index contributed by atoms with van der Waals surface area (Å²) in [6, 6.07) is 6.34. The monoisotopic (exact) mass is 379 g/mol. The predicted octanol–water partition coefficient (Wildman–Crippen LogP) is 6.79. The molecule has 3 nitrogen and oxygen atoms in total. The summed E-state index contributed by atoms with van der Waals surface area (Å²) in [7, 11) is 0. The standard InChI is InChI=1S/C24H30FN3/c1-2-3-4-5-6-7-18-8-10-19(11-9-18)22-16-27-24(28-17-22)20-12-13-21(15-26)23(25)14-20/h12-14,16-19H,2-11H2,1H3. The van der Waals surface area contributed by atoms with Gasteiger partial charge in [-0.3, -0.25) is 0 Å². The van der Waals surface area contributed by atoms with Crippen molar-refractivity contribution in [3.8, 4) is 17.5 Å². The van der Waals surface area contributed by atoms with Crippen LogP contribution in [0, 0.1) is 23.1 Å². The topological polar surface area (TPSA) is 49.6 Å². The van der Waals surface area contributed by atoms with Crippen molar-refractivity contribution in [2.24, 2.45) is 5.92 Å². The average molecular weight is 380 g/mol. The highest BCUT2D eigenvalue weighted by Gasteiger charge is 2.22. The molecule has 0 spiro atoms. The van der Waals surface area contributed by atoms with E-state index in [-0.39, 0.29) is 5.56 Å². The largest absolute Gasteiger partial charge is 0.236 e. The van der Waals surface area contributed by atoms with Gasteiger partial charge in [-0.05, 0) is 61.3 Å². The first-order valence-corrected chi connectivity index (χ1v) is 10.7. The summed E-state index contributed by atoms with van der Waals surface area (Å²) in [6.07, 6.45) is 17.1. The van der Waals surface area contributed by atoms with Gasteiger partial charge >= 0.3 is 0 Å². The lowest BCUT2D eigenvalue weighted by molar-refractivity contribution is 0.301. The number of hydrogen-bond acceptors (Lipinski definition) is 3. The van der Waals surface area contributed by atoms with Crippen molar-refractivity contribution < 1.29 is 4.39 Å². The van der Waals surface area contributed by atoms with E-state index in [9.17, 15) is 4.39 Å². The third-order valence-corrected chi connectivity index (χ3v) is 6.05. The first-order valence-electron chi connectivity index (χ1n) is 10.7. The Balaban J connectivity index is 1.51. The second-order valence-corrected chi connectivity index (χ2v) is 8.07. The maximum absolute atomic E-state index is 13.8. The van der Waals surface area contributed by atoms with E-state index in [1.54, 1.807) is 6.07 Å². The molecule has 28 heavy (non-hydrogen) atoms. The number of benzene rings is 1. The minimum atomic E-state index is -0.527. The van der Waals surface area contributed by atoms with Crippen LogP contribution in [0.15, 0.2) is 30.6 Å². The Hall–Kier alpha value is -2.28. The fraction of sp³-hybridized carbons (Fsp3) is 0.542. The minimum Gasteiger partial charge on any atom is -0.236 e. The number of nitrogens with zero attached hydrogens (tertiary/aromatic N) is 3. The molecule has 148 valence electrons. The van der Waals surface area contributed by atoms with E-state index in [1.165, 1.54) is 81.9 Å². The molecule has 0 atom stereocenters. The van der Waals surface area contributed by atoms with Crippen LogP contribution in [0.25, 0.3) is 11.4 Å². The van der Waals surface area contributed by atoms with Crippen LogP contribution < -0.4 is 0 Å². The van der Waals surface area contributed by atoms with Gasteiger partial charge in [0, 0.05) is 18.0 Å². The summed E-state index contributed by atoms with van der Waals surface area (Å²) in [4.78, 5) is 8.91. The van der Waals surface area contributed by atoms with Crippen LogP contribution in [0.3, 0.4) is 0 Å². The molecule has 0 radical (unpaired) electrons. The summed E-state index contributed by atoms with van der Waals surface area (Å²) in [5.74, 6) is 1.41. The van der Waals surface area contributed by atoms with E-state index in [2.05, 4.69) is 16.9 Å². The van der Waals surface area contributed by atoms with Crippen LogP contribution in [0.2, 0.25) is 0 Å². The lowest BCUT2D eigenvalue weighted by atomic mass is 9.77. The van der Waals surface area contributed by atoms with E-state index in [0.717, 1.165) is 5.92 Å². The number of aromatic nitrogens is 2. The van der Waals surface area contributed by atoms with Crippen LogP contribution in [0.1, 0.15) is 88.2 Å². The SMILES string of the molecule is CCCCCCCC1CCC(c2cnc(-c3ccc(C#N)c(F)c3)nc2)CC1. The van der Waals surface area contributed by atoms with Crippen LogP contribution >= 0.6 is 0 Å². The van der Waals surface area contributed by atoms with Gasteiger partial charge in [0.1, 0.15) is 11.9 Å². The Morgan fingerprint density at radius 3 is 2.39 bits per heavy atom. The highest BCUT2D eigenvalue weighted by atomic mass is 19.1. The van der Waals surface area contributed by atoms with Crippen LogP contribution in [0.5, 0.6) is 0 Å². The molecular formula is C24H30FN3. The van der Waals surface area contributed by atoms with Crippen molar-refractivity contribution in [1.82, 2.24) is 9.97 Å². The zero-order valence-corrected chi connectivity index (χ0v) is 16.8. The fourth-order valence-corrected chi connectivity index (χ4v) is 4.26. The number of nitriles is 1. The van der Waals surface area contributed by atoms with Gasteiger partial charge in [-0.15, -0.1) is 0 Å². The molecule has 1 aromatic carbocycles. The quantitative estimate of drug-likeness (QED) is 0.474. The highest BCUT2D eigenvalue weighted by molar-refractivity contribution is 5.56.